The second kappa shape index (κ2) is 7.83. The molecule has 140 valence electrons. The van der Waals surface area contributed by atoms with E-state index in [1.807, 2.05) is 25.7 Å². The summed E-state index contributed by atoms with van der Waals surface area (Å²) in [6.07, 6.45) is 3.67. The van der Waals surface area contributed by atoms with E-state index >= 15 is 0 Å². The van der Waals surface area contributed by atoms with E-state index in [4.69, 9.17) is 9.26 Å². The Labute approximate surface area is 149 Å². The maximum Gasteiger partial charge on any atom is 0.227 e. The average molecular weight is 350 g/mol. The number of carbonyl (C=O) groups is 1. The first kappa shape index (κ1) is 18.3. The first-order valence-corrected chi connectivity index (χ1v) is 9.36. The second-order valence-corrected chi connectivity index (χ2v) is 8.08. The van der Waals surface area contributed by atoms with Gasteiger partial charge in [-0.2, -0.15) is 4.98 Å². The zero-order valence-corrected chi connectivity index (χ0v) is 15.7. The van der Waals surface area contributed by atoms with Crippen molar-refractivity contribution in [2.75, 3.05) is 39.3 Å². The minimum atomic E-state index is -0.134. The monoisotopic (exact) mass is 350 g/mol. The van der Waals surface area contributed by atoms with Gasteiger partial charge in [-0.15, -0.1) is 0 Å². The first-order valence-electron chi connectivity index (χ1n) is 9.36. The van der Waals surface area contributed by atoms with E-state index < -0.39 is 0 Å². The van der Waals surface area contributed by atoms with Crippen LogP contribution in [-0.4, -0.2) is 71.3 Å². The van der Waals surface area contributed by atoms with Gasteiger partial charge in [-0.1, -0.05) is 25.9 Å². The van der Waals surface area contributed by atoms with Crippen molar-refractivity contribution < 1.29 is 14.1 Å². The summed E-state index contributed by atoms with van der Waals surface area (Å²) in [4.78, 5) is 21.2. The summed E-state index contributed by atoms with van der Waals surface area (Å²) in [5.74, 6) is 1.42. The van der Waals surface area contributed by atoms with Crippen LogP contribution >= 0.6 is 0 Å². The highest BCUT2D eigenvalue weighted by Crippen LogP contribution is 2.19. The summed E-state index contributed by atoms with van der Waals surface area (Å²) in [7, 11) is 0. The Bertz CT molecular complexity index is 567. The molecule has 2 aliphatic rings. The predicted molar refractivity (Wildman–Crippen MR) is 93.3 cm³/mol. The maximum atomic E-state index is 12.4. The minimum absolute atomic E-state index is 0.134. The van der Waals surface area contributed by atoms with Gasteiger partial charge in [-0.05, 0) is 12.8 Å². The summed E-state index contributed by atoms with van der Waals surface area (Å²) in [5.41, 5.74) is -0.134. The van der Waals surface area contributed by atoms with Gasteiger partial charge in [-0.3, -0.25) is 9.69 Å². The molecule has 2 saturated heterocycles. The number of rotatable bonds is 5. The first-order chi connectivity index (χ1) is 11.9. The van der Waals surface area contributed by atoms with Crippen LogP contribution in [0.5, 0.6) is 0 Å². The highest BCUT2D eigenvalue weighted by atomic mass is 16.5. The Hall–Kier alpha value is -1.47. The Morgan fingerprint density at radius 1 is 1.24 bits per heavy atom. The molecule has 7 heteroatoms. The van der Waals surface area contributed by atoms with Crippen LogP contribution in [0, 0.1) is 0 Å². The molecule has 1 unspecified atom stereocenters. The van der Waals surface area contributed by atoms with Crippen LogP contribution in [0.25, 0.3) is 0 Å². The van der Waals surface area contributed by atoms with Crippen molar-refractivity contribution in [2.24, 2.45) is 0 Å². The van der Waals surface area contributed by atoms with Gasteiger partial charge in [-0.25, -0.2) is 0 Å². The molecule has 2 aliphatic heterocycles. The van der Waals surface area contributed by atoms with E-state index in [1.54, 1.807) is 0 Å². The molecular weight excluding hydrogens is 320 g/mol. The summed E-state index contributed by atoms with van der Waals surface area (Å²) < 4.78 is 11.0. The van der Waals surface area contributed by atoms with Gasteiger partial charge in [0.15, 0.2) is 5.82 Å². The average Bonchev–Trinajstić information content (AvgIpc) is 3.24. The second-order valence-electron chi connectivity index (χ2n) is 8.08. The number of hydrogen-bond donors (Lipinski definition) is 0. The van der Waals surface area contributed by atoms with Gasteiger partial charge in [0.1, 0.15) is 0 Å². The van der Waals surface area contributed by atoms with Crippen LogP contribution in [0.3, 0.4) is 0 Å². The molecule has 2 fully saturated rings. The molecule has 0 aliphatic carbocycles. The third-order valence-corrected chi connectivity index (χ3v) is 4.90. The lowest BCUT2D eigenvalue weighted by Gasteiger charge is -2.35. The number of piperazine rings is 1. The fourth-order valence-electron chi connectivity index (χ4n) is 3.29. The molecule has 7 nitrogen and oxygen atoms in total. The van der Waals surface area contributed by atoms with Gasteiger partial charge in [0.25, 0.3) is 0 Å². The molecule has 0 N–H and O–H groups in total. The van der Waals surface area contributed by atoms with Gasteiger partial charge >= 0.3 is 0 Å². The smallest absolute Gasteiger partial charge is 0.227 e. The van der Waals surface area contributed by atoms with Gasteiger partial charge < -0.3 is 14.2 Å². The van der Waals surface area contributed by atoms with Crippen molar-refractivity contribution in [3.63, 3.8) is 0 Å². The zero-order chi connectivity index (χ0) is 17.9. The zero-order valence-electron chi connectivity index (χ0n) is 15.7. The number of hydrogen-bond acceptors (Lipinski definition) is 6. The Kier molecular flexibility index (Phi) is 5.74. The Morgan fingerprint density at radius 3 is 2.60 bits per heavy atom. The maximum absolute atomic E-state index is 12.4. The lowest BCUT2D eigenvalue weighted by Crippen LogP contribution is -2.50. The third-order valence-electron chi connectivity index (χ3n) is 4.90. The van der Waals surface area contributed by atoms with Crippen LogP contribution in [0.15, 0.2) is 4.52 Å². The molecule has 1 atom stereocenters. The number of carbonyl (C=O) groups excluding carboxylic acids is 1. The van der Waals surface area contributed by atoms with Gasteiger partial charge in [0, 0.05) is 57.6 Å². The fourth-order valence-corrected chi connectivity index (χ4v) is 3.29. The molecule has 1 aromatic rings. The molecule has 0 bridgehead atoms. The highest BCUT2D eigenvalue weighted by molar-refractivity contribution is 5.76. The number of amides is 1. The van der Waals surface area contributed by atoms with Crippen LogP contribution in [-0.2, 0) is 21.4 Å². The minimum Gasteiger partial charge on any atom is -0.377 e. The van der Waals surface area contributed by atoms with Crippen molar-refractivity contribution in [3.05, 3.63) is 11.7 Å². The Balaban J connectivity index is 1.39. The summed E-state index contributed by atoms with van der Waals surface area (Å²) >= 11 is 0. The van der Waals surface area contributed by atoms with E-state index in [-0.39, 0.29) is 11.3 Å². The molecule has 0 radical (unpaired) electrons. The molecule has 0 saturated carbocycles. The molecule has 0 aromatic carbocycles. The number of aryl methyl sites for hydroxylation is 1. The molecular formula is C18H30N4O3. The largest absolute Gasteiger partial charge is 0.377 e. The molecule has 25 heavy (non-hydrogen) atoms. The van der Waals surface area contributed by atoms with E-state index in [0.717, 1.165) is 39.3 Å². The predicted octanol–water partition coefficient (Wildman–Crippen LogP) is 1.62. The number of nitrogens with zero attached hydrogens (tertiary/aromatic N) is 4. The lowest BCUT2D eigenvalue weighted by molar-refractivity contribution is -0.133. The third kappa shape index (κ3) is 5.01. The summed E-state index contributed by atoms with van der Waals surface area (Å²) in [6.45, 7) is 11.5. The number of aromatic nitrogens is 2. The standard InChI is InChI=1S/C18H30N4O3/c1-18(2,3)17-19-15(25-20-17)6-7-16(23)22-10-8-21(9-11-22)13-14-5-4-12-24-14/h14H,4-13H2,1-3H3. The van der Waals surface area contributed by atoms with Crippen molar-refractivity contribution in [1.29, 1.82) is 0 Å². The quantitative estimate of drug-likeness (QED) is 0.804. The van der Waals surface area contributed by atoms with Crippen LogP contribution in [0.2, 0.25) is 0 Å². The van der Waals surface area contributed by atoms with E-state index in [0.29, 0.717) is 30.7 Å². The van der Waals surface area contributed by atoms with E-state index in [9.17, 15) is 4.79 Å². The van der Waals surface area contributed by atoms with Crippen LogP contribution in [0.4, 0.5) is 0 Å². The molecule has 1 aromatic heterocycles. The number of ether oxygens (including phenoxy) is 1. The normalized spacial score (nSPS) is 22.5. The molecule has 0 spiro atoms. The fraction of sp³-hybridized carbons (Fsp3) is 0.833. The van der Waals surface area contributed by atoms with E-state index in [2.05, 4.69) is 15.0 Å². The molecule has 1 amide bonds. The van der Waals surface area contributed by atoms with E-state index in [1.165, 1.54) is 12.8 Å². The van der Waals surface area contributed by atoms with Crippen molar-refractivity contribution >= 4 is 5.91 Å². The van der Waals surface area contributed by atoms with Crippen molar-refractivity contribution in [2.45, 2.75) is 58.0 Å². The summed E-state index contributed by atoms with van der Waals surface area (Å²) in [6, 6.07) is 0. The van der Waals surface area contributed by atoms with Gasteiger partial charge in [0.05, 0.1) is 6.10 Å². The lowest BCUT2D eigenvalue weighted by atomic mass is 9.96. The topological polar surface area (TPSA) is 71.7 Å². The summed E-state index contributed by atoms with van der Waals surface area (Å²) in [5, 5.41) is 4.01. The SMILES string of the molecule is CC(C)(C)c1noc(CCC(=O)N2CCN(CC3CCCO3)CC2)n1. The van der Waals surface area contributed by atoms with Crippen molar-refractivity contribution in [3.8, 4) is 0 Å². The molecule has 3 rings (SSSR count). The molecule has 3 heterocycles. The van der Waals surface area contributed by atoms with Crippen LogP contribution in [0.1, 0.15) is 51.7 Å². The Morgan fingerprint density at radius 2 is 2.00 bits per heavy atom. The highest BCUT2D eigenvalue weighted by Gasteiger charge is 2.25. The van der Waals surface area contributed by atoms with Crippen molar-refractivity contribution in [1.82, 2.24) is 19.9 Å². The van der Waals surface area contributed by atoms with Crippen LogP contribution < -0.4 is 0 Å². The van der Waals surface area contributed by atoms with Gasteiger partial charge in [0.2, 0.25) is 11.8 Å².